The molecule has 0 atom stereocenters. The first-order valence-electron chi connectivity index (χ1n) is 6.95. The maximum atomic E-state index is 13.1. The highest BCUT2D eigenvalue weighted by molar-refractivity contribution is 5.96. The summed E-state index contributed by atoms with van der Waals surface area (Å²) < 4.78 is 30.6. The number of esters is 1. The number of amides is 1. The summed E-state index contributed by atoms with van der Waals surface area (Å²) in [6.45, 7) is 0.765. The molecule has 0 heterocycles. The number of carbonyl (C=O) groups is 2. The van der Waals surface area contributed by atoms with Gasteiger partial charge in [0.25, 0.3) is 11.6 Å². The summed E-state index contributed by atoms with van der Waals surface area (Å²) in [5.41, 5.74) is 0.0191. The van der Waals surface area contributed by atoms with E-state index in [1.807, 2.05) is 0 Å². The van der Waals surface area contributed by atoms with E-state index in [1.165, 1.54) is 25.1 Å². The van der Waals surface area contributed by atoms with Crippen LogP contribution in [0.4, 0.5) is 20.2 Å². The second kappa shape index (κ2) is 7.47. The van der Waals surface area contributed by atoms with Gasteiger partial charge in [0.1, 0.15) is 0 Å². The minimum atomic E-state index is -1.22. The monoisotopic (exact) mass is 350 g/mol. The Kier molecular flexibility index (Phi) is 5.38. The molecular formula is C16H12F2N2O5. The topological polar surface area (TPSA) is 98.5 Å². The third-order valence-electron chi connectivity index (χ3n) is 3.27. The minimum Gasteiger partial charge on any atom is -0.452 e. The lowest BCUT2D eigenvalue weighted by Gasteiger charge is -2.09. The van der Waals surface area contributed by atoms with Gasteiger partial charge >= 0.3 is 5.97 Å². The highest BCUT2D eigenvalue weighted by Crippen LogP contribution is 2.24. The fourth-order valence-electron chi connectivity index (χ4n) is 1.98. The van der Waals surface area contributed by atoms with Crippen LogP contribution in [0.3, 0.4) is 0 Å². The Morgan fingerprint density at radius 2 is 1.92 bits per heavy atom. The second-order valence-electron chi connectivity index (χ2n) is 4.96. The average Bonchev–Trinajstić information content (AvgIpc) is 2.56. The molecular weight excluding hydrogens is 338 g/mol. The molecule has 1 amide bonds. The lowest BCUT2D eigenvalue weighted by atomic mass is 10.1. The highest BCUT2D eigenvalue weighted by atomic mass is 19.2. The van der Waals surface area contributed by atoms with Crippen molar-refractivity contribution in [1.82, 2.24) is 0 Å². The number of nitro groups is 1. The molecule has 2 aromatic carbocycles. The molecule has 0 fully saturated rings. The van der Waals surface area contributed by atoms with Crippen LogP contribution in [0.2, 0.25) is 0 Å². The van der Waals surface area contributed by atoms with Crippen LogP contribution in [0.5, 0.6) is 0 Å². The van der Waals surface area contributed by atoms with Crippen molar-refractivity contribution in [1.29, 1.82) is 0 Å². The molecule has 0 saturated heterocycles. The molecule has 0 bridgehead atoms. The third kappa shape index (κ3) is 4.34. The first-order valence-corrected chi connectivity index (χ1v) is 6.95. The predicted molar refractivity (Wildman–Crippen MR) is 83.1 cm³/mol. The number of carbonyl (C=O) groups excluding carboxylic acids is 2. The Morgan fingerprint density at radius 1 is 1.20 bits per heavy atom. The molecule has 0 aliphatic carbocycles. The second-order valence-corrected chi connectivity index (χ2v) is 4.96. The molecule has 0 radical (unpaired) electrons. The minimum absolute atomic E-state index is 0.170. The van der Waals surface area contributed by atoms with Crippen LogP contribution >= 0.6 is 0 Å². The van der Waals surface area contributed by atoms with Gasteiger partial charge in [-0.15, -0.1) is 0 Å². The number of rotatable bonds is 5. The van der Waals surface area contributed by atoms with Gasteiger partial charge in [0.15, 0.2) is 18.2 Å². The molecule has 130 valence electrons. The van der Waals surface area contributed by atoms with Crippen molar-refractivity contribution in [3.63, 3.8) is 0 Å². The van der Waals surface area contributed by atoms with Crippen molar-refractivity contribution < 1.29 is 28.0 Å². The standard InChI is InChI=1S/C16H12F2N2O5/c1-9-13(3-2-4-14(9)20(23)24)19-15(21)8-25-16(22)10-5-6-11(17)12(18)7-10/h2-7H,8H2,1H3,(H,19,21). The average molecular weight is 350 g/mol. The summed E-state index contributed by atoms with van der Waals surface area (Å²) in [6.07, 6.45) is 0. The van der Waals surface area contributed by atoms with Gasteiger partial charge < -0.3 is 10.1 Å². The van der Waals surface area contributed by atoms with Crippen LogP contribution in [0.1, 0.15) is 15.9 Å². The fourth-order valence-corrected chi connectivity index (χ4v) is 1.98. The lowest BCUT2D eigenvalue weighted by molar-refractivity contribution is -0.385. The van der Waals surface area contributed by atoms with E-state index in [0.29, 0.717) is 6.07 Å². The summed E-state index contributed by atoms with van der Waals surface area (Å²) in [4.78, 5) is 33.8. The molecule has 0 aliphatic heterocycles. The Bertz CT molecular complexity index is 854. The number of nitro benzene ring substituents is 1. The smallest absolute Gasteiger partial charge is 0.338 e. The van der Waals surface area contributed by atoms with Gasteiger partial charge in [-0.1, -0.05) is 6.07 Å². The summed E-state index contributed by atoms with van der Waals surface area (Å²) >= 11 is 0. The first-order chi connectivity index (χ1) is 11.8. The summed E-state index contributed by atoms with van der Waals surface area (Å²) in [7, 11) is 0. The first kappa shape index (κ1) is 18.0. The Morgan fingerprint density at radius 3 is 2.56 bits per heavy atom. The van der Waals surface area contributed by atoms with Crippen LogP contribution in [0.15, 0.2) is 36.4 Å². The zero-order valence-corrected chi connectivity index (χ0v) is 12.9. The Hall–Kier alpha value is -3.36. The van der Waals surface area contributed by atoms with E-state index in [4.69, 9.17) is 4.74 Å². The molecule has 0 saturated carbocycles. The summed E-state index contributed by atoms with van der Waals surface area (Å²) in [5.74, 6) is -4.08. The summed E-state index contributed by atoms with van der Waals surface area (Å²) in [6, 6.07) is 6.57. The molecule has 2 rings (SSSR count). The number of hydrogen-bond acceptors (Lipinski definition) is 5. The quantitative estimate of drug-likeness (QED) is 0.508. The van der Waals surface area contributed by atoms with E-state index in [1.54, 1.807) is 0 Å². The van der Waals surface area contributed by atoms with Gasteiger partial charge in [-0.05, 0) is 31.2 Å². The van der Waals surface area contributed by atoms with Crippen LogP contribution < -0.4 is 5.32 Å². The van der Waals surface area contributed by atoms with Crippen LogP contribution in [-0.4, -0.2) is 23.4 Å². The van der Waals surface area contributed by atoms with Crippen LogP contribution in [0, 0.1) is 28.7 Å². The van der Waals surface area contributed by atoms with E-state index in [0.717, 1.165) is 12.1 Å². The Balaban J connectivity index is 1.99. The number of nitrogens with one attached hydrogen (secondary N) is 1. The predicted octanol–water partition coefficient (Wildman–Crippen LogP) is 2.98. The number of anilines is 1. The molecule has 9 heteroatoms. The largest absolute Gasteiger partial charge is 0.452 e. The van der Waals surface area contributed by atoms with Crippen molar-refractivity contribution in [2.75, 3.05) is 11.9 Å². The SMILES string of the molecule is Cc1c(NC(=O)COC(=O)c2ccc(F)c(F)c2)cccc1[N+](=O)[O-]. The van der Waals surface area contributed by atoms with E-state index >= 15 is 0 Å². The van der Waals surface area contributed by atoms with E-state index in [9.17, 15) is 28.5 Å². The maximum absolute atomic E-state index is 13.1. The van der Waals surface area contributed by atoms with E-state index in [2.05, 4.69) is 5.32 Å². The summed E-state index contributed by atoms with van der Waals surface area (Å²) in [5, 5.41) is 13.2. The van der Waals surface area contributed by atoms with E-state index in [-0.39, 0.29) is 22.5 Å². The van der Waals surface area contributed by atoms with E-state index < -0.39 is 35.0 Å². The van der Waals surface area contributed by atoms with Gasteiger partial charge in [0.05, 0.1) is 21.7 Å². The van der Waals surface area contributed by atoms with Crippen LogP contribution in [0.25, 0.3) is 0 Å². The zero-order chi connectivity index (χ0) is 18.6. The van der Waals surface area contributed by atoms with Gasteiger partial charge in [-0.2, -0.15) is 0 Å². The van der Waals surface area contributed by atoms with Crippen molar-refractivity contribution in [3.05, 3.63) is 69.3 Å². The number of nitrogens with zero attached hydrogens (tertiary/aromatic N) is 1. The molecule has 1 N–H and O–H groups in total. The lowest BCUT2D eigenvalue weighted by Crippen LogP contribution is -2.21. The maximum Gasteiger partial charge on any atom is 0.338 e. The number of halogens is 2. The third-order valence-corrected chi connectivity index (χ3v) is 3.27. The van der Waals surface area contributed by atoms with Gasteiger partial charge in [0, 0.05) is 6.07 Å². The number of ether oxygens (including phenoxy) is 1. The van der Waals surface area contributed by atoms with Gasteiger partial charge in [-0.3, -0.25) is 14.9 Å². The molecule has 25 heavy (non-hydrogen) atoms. The van der Waals surface area contributed by atoms with Crippen molar-refractivity contribution in [2.45, 2.75) is 6.92 Å². The zero-order valence-electron chi connectivity index (χ0n) is 12.9. The number of hydrogen-bond donors (Lipinski definition) is 1. The number of benzene rings is 2. The van der Waals surface area contributed by atoms with Crippen molar-refractivity contribution in [3.8, 4) is 0 Å². The van der Waals surface area contributed by atoms with Crippen molar-refractivity contribution >= 4 is 23.3 Å². The molecule has 7 nitrogen and oxygen atoms in total. The molecule has 0 aliphatic rings. The van der Waals surface area contributed by atoms with Crippen LogP contribution in [-0.2, 0) is 9.53 Å². The molecule has 0 aromatic heterocycles. The molecule has 0 unspecified atom stereocenters. The normalized spacial score (nSPS) is 10.2. The van der Waals surface area contributed by atoms with Crippen molar-refractivity contribution in [2.24, 2.45) is 0 Å². The molecule has 0 spiro atoms. The van der Waals surface area contributed by atoms with Gasteiger partial charge in [-0.25, -0.2) is 13.6 Å². The Labute approximate surface area is 140 Å². The molecule has 2 aromatic rings. The highest BCUT2D eigenvalue weighted by Gasteiger charge is 2.16. The fraction of sp³-hybridized carbons (Fsp3) is 0.125. The van der Waals surface area contributed by atoms with Gasteiger partial charge in [0.2, 0.25) is 0 Å².